The third kappa shape index (κ3) is 3.71. The maximum Gasteiger partial charge on any atom is 0.416 e. The summed E-state index contributed by atoms with van der Waals surface area (Å²) in [6.45, 7) is 1.60. The number of hydrogen-bond acceptors (Lipinski definition) is 1. The van der Waals surface area contributed by atoms with Crippen LogP contribution in [0.2, 0.25) is 0 Å². The molecule has 0 heterocycles. The van der Waals surface area contributed by atoms with Crippen molar-refractivity contribution in [3.05, 3.63) is 65.2 Å². The van der Waals surface area contributed by atoms with Gasteiger partial charge in [-0.2, -0.15) is 13.2 Å². The van der Waals surface area contributed by atoms with E-state index < -0.39 is 29.4 Å². The summed E-state index contributed by atoms with van der Waals surface area (Å²) in [6, 6.07) is 7.19. The summed E-state index contributed by atoms with van der Waals surface area (Å²) in [7, 11) is 0. The SMILES string of the molecule is CC(Nc1ccc(F)cc1F)c1cccc(C(F)(F)F)c1. The van der Waals surface area contributed by atoms with Crippen molar-refractivity contribution in [3.8, 4) is 0 Å². The summed E-state index contributed by atoms with van der Waals surface area (Å²) in [6.07, 6.45) is -4.43. The van der Waals surface area contributed by atoms with E-state index in [1.165, 1.54) is 18.2 Å². The molecule has 0 bridgehead atoms. The van der Waals surface area contributed by atoms with Gasteiger partial charge in [-0.25, -0.2) is 8.78 Å². The van der Waals surface area contributed by atoms with E-state index in [2.05, 4.69) is 5.32 Å². The average molecular weight is 301 g/mol. The van der Waals surface area contributed by atoms with Gasteiger partial charge in [0.2, 0.25) is 0 Å². The molecule has 0 saturated carbocycles. The molecule has 0 aliphatic rings. The van der Waals surface area contributed by atoms with Crippen molar-refractivity contribution >= 4 is 5.69 Å². The Bertz CT molecular complexity index is 636. The van der Waals surface area contributed by atoms with Gasteiger partial charge in [-0.15, -0.1) is 0 Å². The van der Waals surface area contributed by atoms with Crippen LogP contribution in [0.25, 0.3) is 0 Å². The zero-order valence-electron chi connectivity index (χ0n) is 11.0. The molecule has 0 aliphatic heterocycles. The van der Waals surface area contributed by atoms with E-state index in [9.17, 15) is 22.0 Å². The fourth-order valence-corrected chi connectivity index (χ4v) is 1.91. The molecule has 2 aromatic carbocycles. The largest absolute Gasteiger partial charge is 0.416 e. The second kappa shape index (κ2) is 5.71. The lowest BCUT2D eigenvalue weighted by molar-refractivity contribution is -0.137. The molecule has 2 aromatic rings. The van der Waals surface area contributed by atoms with Gasteiger partial charge in [0.1, 0.15) is 11.6 Å². The molecule has 6 heteroatoms. The molecule has 0 radical (unpaired) electrons. The molecular weight excluding hydrogens is 289 g/mol. The Morgan fingerprint density at radius 1 is 1.00 bits per heavy atom. The van der Waals surface area contributed by atoms with Crippen LogP contribution in [0, 0.1) is 11.6 Å². The zero-order chi connectivity index (χ0) is 15.6. The van der Waals surface area contributed by atoms with Crippen LogP contribution in [-0.2, 0) is 6.18 Å². The molecule has 1 atom stereocenters. The first-order valence-electron chi connectivity index (χ1n) is 6.16. The van der Waals surface area contributed by atoms with E-state index in [1.54, 1.807) is 6.92 Å². The van der Waals surface area contributed by atoms with Gasteiger partial charge in [0, 0.05) is 12.1 Å². The summed E-state index contributed by atoms with van der Waals surface area (Å²) < 4.78 is 64.2. The van der Waals surface area contributed by atoms with Crippen molar-refractivity contribution in [2.45, 2.75) is 19.1 Å². The van der Waals surface area contributed by atoms with Crippen LogP contribution in [0.3, 0.4) is 0 Å². The topological polar surface area (TPSA) is 12.0 Å². The molecule has 21 heavy (non-hydrogen) atoms. The Kier molecular flexibility index (Phi) is 4.16. The van der Waals surface area contributed by atoms with Gasteiger partial charge in [0.05, 0.1) is 11.3 Å². The summed E-state index contributed by atoms with van der Waals surface area (Å²) >= 11 is 0. The van der Waals surface area contributed by atoms with Gasteiger partial charge in [-0.1, -0.05) is 12.1 Å². The van der Waals surface area contributed by atoms with E-state index in [4.69, 9.17) is 0 Å². The maximum atomic E-state index is 13.5. The fraction of sp³-hybridized carbons (Fsp3) is 0.200. The van der Waals surface area contributed by atoms with Gasteiger partial charge in [0.15, 0.2) is 0 Å². The normalized spacial score (nSPS) is 13.0. The van der Waals surface area contributed by atoms with Crippen molar-refractivity contribution in [2.24, 2.45) is 0 Å². The highest BCUT2D eigenvalue weighted by atomic mass is 19.4. The Hall–Kier alpha value is -2.11. The minimum absolute atomic E-state index is 0.0290. The Morgan fingerprint density at radius 2 is 1.71 bits per heavy atom. The van der Waals surface area contributed by atoms with Crippen molar-refractivity contribution in [2.75, 3.05) is 5.32 Å². The van der Waals surface area contributed by atoms with Gasteiger partial charge in [0.25, 0.3) is 0 Å². The number of rotatable bonds is 3. The second-order valence-electron chi connectivity index (χ2n) is 4.61. The second-order valence-corrected chi connectivity index (χ2v) is 4.61. The maximum absolute atomic E-state index is 13.5. The number of halogens is 5. The molecule has 112 valence electrons. The van der Waals surface area contributed by atoms with Crippen LogP contribution in [0.5, 0.6) is 0 Å². The molecule has 0 aliphatic carbocycles. The smallest absolute Gasteiger partial charge is 0.376 e. The fourth-order valence-electron chi connectivity index (χ4n) is 1.91. The van der Waals surface area contributed by atoms with Crippen LogP contribution < -0.4 is 5.32 Å². The first-order valence-corrected chi connectivity index (χ1v) is 6.16. The van der Waals surface area contributed by atoms with Gasteiger partial charge in [-0.3, -0.25) is 0 Å². The monoisotopic (exact) mass is 301 g/mol. The lowest BCUT2D eigenvalue weighted by atomic mass is 10.0. The Morgan fingerprint density at radius 3 is 2.33 bits per heavy atom. The van der Waals surface area contributed by atoms with E-state index in [0.717, 1.165) is 18.2 Å². The average Bonchev–Trinajstić information content (AvgIpc) is 2.41. The zero-order valence-corrected chi connectivity index (χ0v) is 11.0. The van der Waals surface area contributed by atoms with Crippen LogP contribution >= 0.6 is 0 Å². The number of alkyl halides is 3. The van der Waals surface area contributed by atoms with Gasteiger partial charge < -0.3 is 5.32 Å². The number of anilines is 1. The lowest BCUT2D eigenvalue weighted by Gasteiger charge is -2.17. The molecule has 0 spiro atoms. The molecule has 0 fully saturated rings. The van der Waals surface area contributed by atoms with E-state index in [0.29, 0.717) is 11.6 Å². The van der Waals surface area contributed by atoms with Crippen LogP contribution in [0.15, 0.2) is 42.5 Å². The van der Waals surface area contributed by atoms with Gasteiger partial charge >= 0.3 is 6.18 Å². The van der Waals surface area contributed by atoms with Crippen molar-refractivity contribution < 1.29 is 22.0 Å². The number of benzene rings is 2. The minimum Gasteiger partial charge on any atom is -0.376 e. The van der Waals surface area contributed by atoms with Crippen molar-refractivity contribution in [1.82, 2.24) is 0 Å². The number of hydrogen-bond donors (Lipinski definition) is 1. The van der Waals surface area contributed by atoms with Crippen LogP contribution in [0.1, 0.15) is 24.1 Å². The van der Waals surface area contributed by atoms with Crippen LogP contribution in [-0.4, -0.2) is 0 Å². The molecule has 2 rings (SSSR count). The molecular formula is C15H12F5N. The lowest BCUT2D eigenvalue weighted by Crippen LogP contribution is -2.11. The van der Waals surface area contributed by atoms with Crippen LogP contribution in [0.4, 0.5) is 27.6 Å². The third-order valence-corrected chi connectivity index (χ3v) is 3.02. The Labute approximate surface area is 118 Å². The molecule has 1 unspecified atom stereocenters. The first-order chi connectivity index (χ1) is 9.77. The highest BCUT2D eigenvalue weighted by molar-refractivity contribution is 5.47. The quantitative estimate of drug-likeness (QED) is 0.772. The predicted octanol–water partition coefficient (Wildman–Crippen LogP) is 5.16. The first kappa shape index (κ1) is 15.3. The minimum atomic E-state index is -4.43. The summed E-state index contributed by atoms with van der Waals surface area (Å²) in [5.41, 5.74) is -0.386. The predicted molar refractivity (Wildman–Crippen MR) is 69.8 cm³/mol. The summed E-state index contributed by atoms with van der Waals surface area (Å²) in [5.74, 6) is -1.52. The molecule has 0 aromatic heterocycles. The molecule has 1 N–H and O–H groups in total. The highest BCUT2D eigenvalue weighted by Crippen LogP contribution is 2.31. The summed E-state index contributed by atoms with van der Waals surface area (Å²) in [5, 5.41) is 2.72. The Balaban J connectivity index is 2.22. The van der Waals surface area contributed by atoms with E-state index in [-0.39, 0.29) is 5.69 Å². The standard InChI is InChI=1S/C15H12F5N/c1-9(21-14-6-5-12(16)8-13(14)17)10-3-2-4-11(7-10)15(18,19)20/h2-9,21H,1H3. The molecule has 1 nitrogen and oxygen atoms in total. The van der Waals surface area contributed by atoms with Crippen molar-refractivity contribution in [1.29, 1.82) is 0 Å². The van der Waals surface area contributed by atoms with Gasteiger partial charge in [-0.05, 0) is 36.8 Å². The highest BCUT2D eigenvalue weighted by Gasteiger charge is 2.30. The third-order valence-electron chi connectivity index (χ3n) is 3.02. The molecule has 0 amide bonds. The summed E-state index contributed by atoms with van der Waals surface area (Å²) in [4.78, 5) is 0. The van der Waals surface area contributed by atoms with E-state index >= 15 is 0 Å². The molecule has 0 saturated heterocycles. The van der Waals surface area contributed by atoms with E-state index in [1.807, 2.05) is 0 Å². The van der Waals surface area contributed by atoms with Crippen molar-refractivity contribution in [3.63, 3.8) is 0 Å². The number of nitrogens with one attached hydrogen (secondary N) is 1.